The summed E-state index contributed by atoms with van der Waals surface area (Å²) in [5.74, 6) is -0.182. The first-order chi connectivity index (χ1) is 8.75. The van der Waals surface area contributed by atoms with Gasteiger partial charge in [0.05, 0.1) is 6.10 Å². The van der Waals surface area contributed by atoms with Crippen molar-refractivity contribution in [2.45, 2.75) is 31.8 Å². The standard InChI is InChI=1S/C13H19N3O2/c14-10-4-6-15-12(9-10)13(17)16-7-5-11-3-1-2-8-18-11/h4,6,9,11H,1-3,5,7-8H2,(H2,14,15)(H,16,17). The molecule has 0 spiro atoms. The topological polar surface area (TPSA) is 77.2 Å². The SMILES string of the molecule is Nc1ccnc(C(=O)NCCC2CCCCO2)c1. The Morgan fingerprint density at radius 3 is 3.17 bits per heavy atom. The fourth-order valence-electron chi connectivity index (χ4n) is 2.04. The highest BCUT2D eigenvalue weighted by Gasteiger charge is 2.14. The quantitative estimate of drug-likeness (QED) is 0.844. The summed E-state index contributed by atoms with van der Waals surface area (Å²) in [6.45, 7) is 1.45. The zero-order chi connectivity index (χ0) is 12.8. The maximum absolute atomic E-state index is 11.8. The highest BCUT2D eigenvalue weighted by atomic mass is 16.5. The van der Waals surface area contributed by atoms with E-state index < -0.39 is 0 Å². The molecule has 5 heteroatoms. The number of nitrogen functional groups attached to an aromatic ring is 1. The van der Waals surface area contributed by atoms with Crippen LogP contribution in [0.15, 0.2) is 18.3 Å². The maximum atomic E-state index is 11.8. The summed E-state index contributed by atoms with van der Waals surface area (Å²) in [5, 5.41) is 2.84. The number of ether oxygens (including phenoxy) is 1. The Morgan fingerprint density at radius 1 is 1.56 bits per heavy atom. The van der Waals surface area contributed by atoms with Crippen molar-refractivity contribution in [2.24, 2.45) is 0 Å². The Hall–Kier alpha value is -1.62. The van der Waals surface area contributed by atoms with E-state index in [9.17, 15) is 4.79 Å². The van der Waals surface area contributed by atoms with Crippen LogP contribution in [0.4, 0.5) is 5.69 Å². The molecule has 0 radical (unpaired) electrons. The molecule has 0 aliphatic carbocycles. The summed E-state index contributed by atoms with van der Waals surface area (Å²) in [4.78, 5) is 15.8. The zero-order valence-corrected chi connectivity index (χ0v) is 10.4. The van der Waals surface area contributed by atoms with Crippen molar-refractivity contribution in [3.05, 3.63) is 24.0 Å². The van der Waals surface area contributed by atoms with Crippen LogP contribution in [0, 0.1) is 0 Å². The van der Waals surface area contributed by atoms with E-state index in [2.05, 4.69) is 10.3 Å². The molecule has 5 nitrogen and oxygen atoms in total. The van der Waals surface area contributed by atoms with Crippen LogP contribution in [0.5, 0.6) is 0 Å². The van der Waals surface area contributed by atoms with Gasteiger partial charge in [0.2, 0.25) is 0 Å². The van der Waals surface area contributed by atoms with Crippen LogP contribution in [0.2, 0.25) is 0 Å². The number of nitrogens with two attached hydrogens (primary N) is 1. The fourth-order valence-corrected chi connectivity index (χ4v) is 2.04. The molecular weight excluding hydrogens is 230 g/mol. The van der Waals surface area contributed by atoms with Crippen LogP contribution in [0.3, 0.4) is 0 Å². The Morgan fingerprint density at radius 2 is 2.44 bits per heavy atom. The van der Waals surface area contributed by atoms with E-state index in [0.717, 1.165) is 25.9 Å². The molecule has 1 atom stereocenters. The summed E-state index contributed by atoms with van der Waals surface area (Å²) in [7, 11) is 0. The maximum Gasteiger partial charge on any atom is 0.269 e. The molecule has 1 amide bonds. The monoisotopic (exact) mass is 249 g/mol. The molecule has 2 rings (SSSR count). The number of carbonyl (C=O) groups excluding carboxylic acids is 1. The molecule has 1 fully saturated rings. The largest absolute Gasteiger partial charge is 0.399 e. The first-order valence-electron chi connectivity index (χ1n) is 6.37. The van der Waals surface area contributed by atoms with Gasteiger partial charge in [-0.25, -0.2) is 0 Å². The van der Waals surface area contributed by atoms with E-state index >= 15 is 0 Å². The van der Waals surface area contributed by atoms with Gasteiger partial charge < -0.3 is 15.8 Å². The Labute approximate surface area is 107 Å². The van der Waals surface area contributed by atoms with Crippen LogP contribution in [0.1, 0.15) is 36.2 Å². The normalized spacial score (nSPS) is 19.4. The molecule has 1 saturated heterocycles. The van der Waals surface area contributed by atoms with E-state index in [1.807, 2.05) is 0 Å². The van der Waals surface area contributed by atoms with Gasteiger partial charge in [-0.05, 0) is 37.8 Å². The van der Waals surface area contributed by atoms with Crippen molar-refractivity contribution in [3.63, 3.8) is 0 Å². The first kappa shape index (κ1) is 12.8. The second kappa shape index (κ2) is 6.35. The number of aromatic nitrogens is 1. The van der Waals surface area contributed by atoms with Gasteiger partial charge in [-0.3, -0.25) is 9.78 Å². The van der Waals surface area contributed by atoms with Gasteiger partial charge >= 0.3 is 0 Å². The minimum atomic E-state index is -0.182. The molecule has 98 valence electrons. The molecule has 0 bridgehead atoms. The molecule has 1 aromatic rings. The average Bonchev–Trinajstić information content (AvgIpc) is 2.40. The number of anilines is 1. The second-order valence-electron chi connectivity index (χ2n) is 4.51. The lowest BCUT2D eigenvalue weighted by Crippen LogP contribution is -2.29. The average molecular weight is 249 g/mol. The predicted molar refractivity (Wildman–Crippen MR) is 69.2 cm³/mol. The number of rotatable bonds is 4. The summed E-state index contributed by atoms with van der Waals surface area (Å²) in [5.41, 5.74) is 6.51. The number of hydrogen-bond donors (Lipinski definition) is 2. The first-order valence-corrected chi connectivity index (χ1v) is 6.37. The van der Waals surface area contributed by atoms with Crippen molar-refractivity contribution in [3.8, 4) is 0 Å². The number of carbonyl (C=O) groups is 1. The number of pyridine rings is 1. The summed E-state index contributed by atoms with van der Waals surface area (Å²) in [6, 6.07) is 3.24. The van der Waals surface area contributed by atoms with Crippen LogP contribution < -0.4 is 11.1 Å². The van der Waals surface area contributed by atoms with Gasteiger partial charge in [0.15, 0.2) is 0 Å². The number of nitrogens with one attached hydrogen (secondary N) is 1. The third-order valence-corrected chi connectivity index (χ3v) is 3.04. The molecule has 1 aliphatic heterocycles. The zero-order valence-electron chi connectivity index (χ0n) is 10.4. The molecule has 1 aliphatic rings. The minimum Gasteiger partial charge on any atom is -0.399 e. The van der Waals surface area contributed by atoms with Gasteiger partial charge in [0.1, 0.15) is 5.69 Å². The summed E-state index contributed by atoms with van der Waals surface area (Å²) < 4.78 is 5.60. The highest BCUT2D eigenvalue weighted by Crippen LogP contribution is 2.14. The Kier molecular flexibility index (Phi) is 4.52. The van der Waals surface area contributed by atoms with Crippen molar-refractivity contribution in [2.75, 3.05) is 18.9 Å². The third-order valence-electron chi connectivity index (χ3n) is 3.04. The summed E-state index contributed by atoms with van der Waals surface area (Å²) >= 11 is 0. The van der Waals surface area contributed by atoms with Crippen LogP contribution in [0.25, 0.3) is 0 Å². The Bertz CT molecular complexity index is 403. The Balaban J connectivity index is 1.74. The molecular formula is C13H19N3O2. The van der Waals surface area contributed by atoms with E-state index in [-0.39, 0.29) is 12.0 Å². The molecule has 2 heterocycles. The van der Waals surface area contributed by atoms with Crippen LogP contribution in [-0.2, 0) is 4.74 Å². The number of amides is 1. The van der Waals surface area contributed by atoms with Gasteiger partial charge in [-0.15, -0.1) is 0 Å². The minimum absolute atomic E-state index is 0.182. The van der Waals surface area contributed by atoms with Gasteiger partial charge in [-0.2, -0.15) is 0 Å². The van der Waals surface area contributed by atoms with Crippen molar-refractivity contribution < 1.29 is 9.53 Å². The third kappa shape index (κ3) is 3.70. The van der Waals surface area contributed by atoms with Crippen molar-refractivity contribution in [1.82, 2.24) is 10.3 Å². The molecule has 0 aromatic carbocycles. The lowest BCUT2D eigenvalue weighted by molar-refractivity contribution is 0.0117. The molecule has 18 heavy (non-hydrogen) atoms. The van der Waals surface area contributed by atoms with Crippen LogP contribution >= 0.6 is 0 Å². The van der Waals surface area contributed by atoms with Crippen molar-refractivity contribution >= 4 is 11.6 Å². The molecule has 1 unspecified atom stereocenters. The highest BCUT2D eigenvalue weighted by molar-refractivity contribution is 5.92. The van der Waals surface area contributed by atoms with Crippen LogP contribution in [-0.4, -0.2) is 30.1 Å². The number of hydrogen-bond acceptors (Lipinski definition) is 4. The van der Waals surface area contributed by atoms with E-state index in [0.29, 0.717) is 17.9 Å². The smallest absolute Gasteiger partial charge is 0.269 e. The molecule has 3 N–H and O–H groups in total. The summed E-state index contributed by atoms with van der Waals surface area (Å²) in [6.07, 6.45) is 6.13. The molecule has 1 aromatic heterocycles. The second-order valence-corrected chi connectivity index (χ2v) is 4.51. The van der Waals surface area contributed by atoms with Gasteiger partial charge in [-0.1, -0.05) is 0 Å². The van der Waals surface area contributed by atoms with E-state index in [4.69, 9.17) is 10.5 Å². The van der Waals surface area contributed by atoms with Gasteiger partial charge in [0, 0.05) is 25.0 Å². The van der Waals surface area contributed by atoms with Crippen molar-refractivity contribution in [1.29, 1.82) is 0 Å². The van der Waals surface area contributed by atoms with E-state index in [1.165, 1.54) is 12.6 Å². The predicted octanol–water partition coefficient (Wildman–Crippen LogP) is 1.35. The lowest BCUT2D eigenvalue weighted by Gasteiger charge is -2.22. The van der Waals surface area contributed by atoms with Gasteiger partial charge in [0.25, 0.3) is 5.91 Å². The molecule has 0 saturated carbocycles. The fraction of sp³-hybridized carbons (Fsp3) is 0.538. The van der Waals surface area contributed by atoms with E-state index in [1.54, 1.807) is 12.1 Å². The lowest BCUT2D eigenvalue weighted by atomic mass is 10.1. The number of nitrogens with zero attached hydrogens (tertiary/aromatic N) is 1.